The number of hydrogen-bond acceptors (Lipinski definition) is 3. The van der Waals surface area contributed by atoms with Crippen LogP contribution in [0.15, 0.2) is 35.2 Å². The Kier molecular flexibility index (Phi) is 2.85. The third-order valence-electron chi connectivity index (χ3n) is 1.54. The maximum Gasteiger partial charge on any atom is 0.354 e. The van der Waals surface area contributed by atoms with Crippen molar-refractivity contribution < 1.29 is 22.7 Å². The lowest BCUT2D eigenvalue weighted by Gasteiger charge is -2.04. The van der Waals surface area contributed by atoms with Gasteiger partial charge in [-0.1, -0.05) is 18.2 Å². The Morgan fingerprint density at radius 3 is 2.21 bits per heavy atom. The summed E-state index contributed by atoms with van der Waals surface area (Å²) in [7, 11) is -4.40. The van der Waals surface area contributed by atoms with E-state index in [1.165, 1.54) is 12.1 Å². The van der Waals surface area contributed by atoms with Gasteiger partial charge < -0.3 is 5.11 Å². The maximum absolute atomic E-state index is 12.8. The van der Waals surface area contributed by atoms with Crippen LogP contribution < -0.4 is 0 Å². The average Bonchev–Trinajstić information content (AvgIpc) is 2.18. The summed E-state index contributed by atoms with van der Waals surface area (Å²) in [5.41, 5.74) is -2.91. The van der Waals surface area contributed by atoms with Crippen LogP contribution in [0.5, 0.6) is 0 Å². The fourth-order valence-corrected chi connectivity index (χ4v) is 1.90. The van der Waals surface area contributed by atoms with Crippen LogP contribution in [0.2, 0.25) is 0 Å². The molecule has 4 nitrogen and oxygen atoms in total. The van der Waals surface area contributed by atoms with Crippen molar-refractivity contribution in [3.8, 4) is 0 Å². The molecule has 1 unspecified atom stereocenters. The molecule has 0 aliphatic carbocycles. The van der Waals surface area contributed by atoms with Crippen LogP contribution in [0.1, 0.15) is 0 Å². The van der Waals surface area contributed by atoms with Gasteiger partial charge in [0.05, 0.1) is 4.90 Å². The summed E-state index contributed by atoms with van der Waals surface area (Å²) in [6.07, 6.45) is 0. The highest BCUT2D eigenvalue weighted by atomic mass is 32.2. The minimum Gasteiger partial charge on any atom is -0.478 e. The number of sulfone groups is 1. The van der Waals surface area contributed by atoms with Crippen LogP contribution in [0.25, 0.3) is 0 Å². The highest BCUT2D eigenvalue weighted by Crippen LogP contribution is 2.16. The van der Waals surface area contributed by atoms with E-state index < -0.39 is 21.3 Å². The number of carboxylic acids is 1. The van der Waals surface area contributed by atoms with Gasteiger partial charge in [0.1, 0.15) is 0 Å². The second-order valence-corrected chi connectivity index (χ2v) is 4.49. The molecule has 14 heavy (non-hydrogen) atoms. The van der Waals surface area contributed by atoms with Crippen LogP contribution >= 0.6 is 0 Å². The minimum atomic E-state index is -4.40. The van der Waals surface area contributed by atoms with Crippen molar-refractivity contribution >= 4 is 15.8 Å². The molecule has 1 aromatic rings. The third kappa shape index (κ3) is 1.90. The predicted molar refractivity (Wildman–Crippen MR) is 46.2 cm³/mol. The lowest BCUT2D eigenvalue weighted by atomic mass is 10.4. The largest absolute Gasteiger partial charge is 0.478 e. The summed E-state index contributed by atoms with van der Waals surface area (Å²) < 4.78 is 35.2. The topological polar surface area (TPSA) is 71.4 Å². The van der Waals surface area contributed by atoms with E-state index in [0.717, 1.165) is 12.1 Å². The molecule has 0 radical (unpaired) electrons. The Balaban J connectivity index is 3.16. The molecule has 1 N–H and O–H groups in total. The van der Waals surface area contributed by atoms with Gasteiger partial charge in [-0.3, -0.25) is 0 Å². The highest BCUT2D eigenvalue weighted by molar-refractivity contribution is 7.92. The van der Waals surface area contributed by atoms with Gasteiger partial charge in [-0.05, 0) is 12.1 Å². The monoisotopic (exact) mass is 218 g/mol. The van der Waals surface area contributed by atoms with Crippen LogP contribution in [0, 0.1) is 0 Å². The number of benzene rings is 1. The molecule has 1 aromatic carbocycles. The molecule has 1 atom stereocenters. The average molecular weight is 218 g/mol. The van der Waals surface area contributed by atoms with E-state index in [4.69, 9.17) is 5.11 Å². The van der Waals surface area contributed by atoms with E-state index in [1.54, 1.807) is 6.07 Å². The smallest absolute Gasteiger partial charge is 0.354 e. The van der Waals surface area contributed by atoms with Gasteiger partial charge in [-0.25, -0.2) is 17.6 Å². The molecule has 0 spiro atoms. The highest BCUT2D eigenvalue weighted by Gasteiger charge is 2.33. The molecule has 0 saturated heterocycles. The molecule has 0 heterocycles. The Morgan fingerprint density at radius 2 is 1.79 bits per heavy atom. The van der Waals surface area contributed by atoms with Crippen molar-refractivity contribution in [1.29, 1.82) is 0 Å². The van der Waals surface area contributed by atoms with Gasteiger partial charge in [-0.15, -0.1) is 0 Å². The number of alkyl halides is 1. The summed E-state index contributed by atoms with van der Waals surface area (Å²) in [6.45, 7) is 0. The molecule has 0 aliphatic heterocycles. The van der Waals surface area contributed by atoms with Gasteiger partial charge in [0, 0.05) is 0 Å². The lowest BCUT2D eigenvalue weighted by molar-refractivity contribution is -0.139. The Morgan fingerprint density at radius 1 is 1.29 bits per heavy atom. The summed E-state index contributed by atoms with van der Waals surface area (Å²) >= 11 is 0. The molecule has 0 fully saturated rings. The molecule has 76 valence electrons. The standard InChI is InChI=1S/C8H7FO4S/c9-7(8(10)11)14(12,13)6-4-2-1-3-5-6/h1-5,7H,(H,10,11). The normalized spacial score (nSPS) is 13.5. The fourth-order valence-electron chi connectivity index (χ4n) is 0.862. The first kappa shape index (κ1) is 10.6. The predicted octanol–water partition coefficient (Wildman–Crippen LogP) is 0.841. The number of rotatable bonds is 3. The molecule has 0 saturated carbocycles. The van der Waals surface area contributed by atoms with Crippen LogP contribution in [-0.2, 0) is 14.6 Å². The zero-order valence-electron chi connectivity index (χ0n) is 6.92. The molecule has 6 heteroatoms. The number of carboxylic acid groups (broad SMARTS) is 1. The van der Waals surface area contributed by atoms with Crippen molar-refractivity contribution in [2.45, 2.75) is 10.4 Å². The van der Waals surface area contributed by atoms with E-state index >= 15 is 0 Å². The first-order chi connectivity index (χ1) is 6.46. The van der Waals surface area contributed by atoms with Crippen molar-refractivity contribution in [3.05, 3.63) is 30.3 Å². The van der Waals surface area contributed by atoms with E-state index in [9.17, 15) is 17.6 Å². The number of halogens is 1. The van der Waals surface area contributed by atoms with Gasteiger partial charge in [-0.2, -0.15) is 0 Å². The summed E-state index contributed by atoms with van der Waals surface area (Å²) in [5.74, 6) is -2.01. The van der Waals surface area contributed by atoms with Gasteiger partial charge in [0.15, 0.2) is 0 Å². The number of aliphatic carboxylic acids is 1. The summed E-state index contributed by atoms with van der Waals surface area (Å²) in [5, 5.41) is 8.22. The number of carbonyl (C=O) groups is 1. The van der Waals surface area contributed by atoms with E-state index in [2.05, 4.69) is 0 Å². The van der Waals surface area contributed by atoms with Crippen molar-refractivity contribution in [3.63, 3.8) is 0 Å². The first-order valence-corrected chi connectivity index (χ1v) is 5.16. The Labute approximate surface area is 79.9 Å². The lowest BCUT2D eigenvalue weighted by Crippen LogP contribution is -2.25. The minimum absolute atomic E-state index is 0.338. The zero-order valence-corrected chi connectivity index (χ0v) is 7.74. The molecule has 0 amide bonds. The second-order valence-electron chi connectivity index (χ2n) is 2.51. The summed E-state index contributed by atoms with van der Waals surface area (Å²) in [4.78, 5) is 9.83. The van der Waals surface area contributed by atoms with Crippen molar-refractivity contribution in [2.24, 2.45) is 0 Å². The summed E-state index contributed by atoms with van der Waals surface area (Å²) in [6, 6.07) is 6.62. The second kappa shape index (κ2) is 3.75. The Bertz CT molecular complexity index is 426. The van der Waals surface area contributed by atoms with Crippen LogP contribution in [0.3, 0.4) is 0 Å². The van der Waals surface area contributed by atoms with Crippen molar-refractivity contribution in [2.75, 3.05) is 0 Å². The van der Waals surface area contributed by atoms with Crippen LogP contribution in [-0.4, -0.2) is 25.0 Å². The Hall–Kier alpha value is -1.43. The molecule has 1 rings (SSSR count). The van der Waals surface area contributed by atoms with Gasteiger partial charge >= 0.3 is 11.5 Å². The van der Waals surface area contributed by atoms with Crippen LogP contribution in [0.4, 0.5) is 4.39 Å². The maximum atomic E-state index is 12.8. The van der Waals surface area contributed by atoms with Gasteiger partial charge in [0.2, 0.25) is 9.84 Å². The fraction of sp³-hybridized carbons (Fsp3) is 0.125. The SMILES string of the molecule is O=C(O)C(F)S(=O)(=O)c1ccccc1. The molecular formula is C8H7FO4S. The number of hydrogen-bond donors (Lipinski definition) is 1. The van der Waals surface area contributed by atoms with E-state index in [1.807, 2.05) is 0 Å². The molecule has 0 aromatic heterocycles. The molecule has 0 bridgehead atoms. The third-order valence-corrected chi connectivity index (χ3v) is 3.21. The first-order valence-electron chi connectivity index (χ1n) is 3.62. The zero-order chi connectivity index (χ0) is 10.8. The van der Waals surface area contributed by atoms with Crippen molar-refractivity contribution in [1.82, 2.24) is 0 Å². The molecule has 0 aliphatic rings. The van der Waals surface area contributed by atoms with E-state index in [0.29, 0.717) is 0 Å². The van der Waals surface area contributed by atoms with Gasteiger partial charge in [0.25, 0.3) is 0 Å². The quantitative estimate of drug-likeness (QED) is 0.816. The molecular weight excluding hydrogens is 211 g/mol. The van der Waals surface area contributed by atoms with E-state index in [-0.39, 0.29) is 4.90 Å².